The average Bonchev–Trinajstić information content (AvgIpc) is 2.69. The molecular weight excluding hydrogens is 362 g/mol. The van der Waals surface area contributed by atoms with Crippen molar-refractivity contribution in [2.75, 3.05) is 18.4 Å². The van der Waals surface area contributed by atoms with Crippen LogP contribution in [0.25, 0.3) is 10.8 Å². The van der Waals surface area contributed by atoms with Crippen molar-refractivity contribution in [3.63, 3.8) is 0 Å². The zero-order chi connectivity index (χ0) is 18.9. The second kappa shape index (κ2) is 7.17. The topological polar surface area (TPSA) is 82.3 Å². The highest BCUT2D eigenvalue weighted by Crippen LogP contribution is 2.27. The van der Waals surface area contributed by atoms with Crippen LogP contribution in [0.2, 0.25) is 0 Å². The molecule has 0 spiro atoms. The molecule has 0 atom stereocenters. The summed E-state index contributed by atoms with van der Waals surface area (Å²) < 4.78 is 27.9. The molecule has 140 valence electrons. The van der Waals surface area contributed by atoms with E-state index in [2.05, 4.69) is 10.3 Å². The Hall–Kier alpha value is -2.64. The Labute approximate surface area is 157 Å². The summed E-state index contributed by atoms with van der Waals surface area (Å²) in [4.78, 5) is 14.8. The van der Waals surface area contributed by atoms with Crippen LogP contribution in [0.1, 0.15) is 12.8 Å². The number of para-hydroxylation sites is 1. The molecular formula is C20H21N3O3S. The number of aromatic nitrogens is 1. The van der Waals surface area contributed by atoms with Gasteiger partial charge in [0.15, 0.2) is 0 Å². The fourth-order valence-corrected chi connectivity index (χ4v) is 5.24. The Kier molecular flexibility index (Phi) is 4.72. The van der Waals surface area contributed by atoms with E-state index in [4.69, 9.17) is 0 Å². The van der Waals surface area contributed by atoms with E-state index in [9.17, 15) is 13.2 Å². The number of H-pyrrole nitrogens is 1. The molecule has 2 aromatic carbocycles. The van der Waals surface area contributed by atoms with Crippen molar-refractivity contribution in [1.82, 2.24) is 9.29 Å². The molecule has 0 bridgehead atoms. The lowest BCUT2D eigenvalue weighted by atomic mass is 10.1. The van der Waals surface area contributed by atoms with Gasteiger partial charge in [0, 0.05) is 41.8 Å². The SMILES string of the molecule is O=c1[nH]ccc2c(S(=O)(=O)N3CCC(Nc4ccccc4)CC3)cccc12. The van der Waals surface area contributed by atoms with Crippen LogP contribution in [-0.2, 0) is 10.0 Å². The van der Waals surface area contributed by atoms with Gasteiger partial charge in [-0.3, -0.25) is 4.79 Å². The highest BCUT2D eigenvalue weighted by atomic mass is 32.2. The lowest BCUT2D eigenvalue weighted by Gasteiger charge is -2.32. The number of nitrogens with zero attached hydrogens (tertiary/aromatic N) is 1. The van der Waals surface area contributed by atoms with Crippen molar-refractivity contribution in [2.45, 2.75) is 23.8 Å². The number of pyridine rings is 1. The van der Waals surface area contributed by atoms with Crippen molar-refractivity contribution < 1.29 is 8.42 Å². The molecule has 0 unspecified atom stereocenters. The fourth-order valence-electron chi connectivity index (χ4n) is 3.57. The van der Waals surface area contributed by atoms with Crippen molar-refractivity contribution in [3.05, 3.63) is 71.1 Å². The number of piperidine rings is 1. The largest absolute Gasteiger partial charge is 0.382 e. The molecule has 3 aromatic rings. The van der Waals surface area contributed by atoms with E-state index in [1.165, 1.54) is 10.5 Å². The Bertz CT molecular complexity index is 1100. The second-order valence-corrected chi connectivity index (χ2v) is 8.62. The van der Waals surface area contributed by atoms with Crippen LogP contribution in [0.5, 0.6) is 0 Å². The fraction of sp³-hybridized carbons (Fsp3) is 0.250. The molecule has 2 heterocycles. The van der Waals surface area contributed by atoms with Crippen LogP contribution < -0.4 is 10.9 Å². The maximum atomic E-state index is 13.2. The third-order valence-corrected chi connectivity index (χ3v) is 6.95. The maximum absolute atomic E-state index is 13.2. The van der Waals surface area contributed by atoms with Gasteiger partial charge in [-0.1, -0.05) is 24.3 Å². The number of hydrogen-bond acceptors (Lipinski definition) is 4. The van der Waals surface area contributed by atoms with Gasteiger partial charge in [-0.05, 0) is 43.2 Å². The normalized spacial score (nSPS) is 16.4. The predicted molar refractivity (Wildman–Crippen MR) is 106 cm³/mol. The van der Waals surface area contributed by atoms with E-state index in [0.29, 0.717) is 23.9 Å². The molecule has 1 fully saturated rings. The minimum Gasteiger partial charge on any atom is -0.382 e. The number of anilines is 1. The average molecular weight is 383 g/mol. The predicted octanol–water partition coefficient (Wildman–Crippen LogP) is 2.79. The van der Waals surface area contributed by atoms with E-state index in [0.717, 1.165) is 18.5 Å². The molecule has 1 aliphatic heterocycles. The monoisotopic (exact) mass is 383 g/mol. The molecule has 0 radical (unpaired) electrons. The number of benzene rings is 2. The van der Waals surface area contributed by atoms with Gasteiger partial charge in [0.2, 0.25) is 10.0 Å². The van der Waals surface area contributed by atoms with Gasteiger partial charge in [0.1, 0.15) is 0 Å². The number of sulfonamides is 1. The van der Waals surface area contributed by atoms with Crippen LogP contribution in [0, 0.1) is 0 Å². The van der Waals surface area contributed by atoms with Gasteiger partial charge in [-0.2, -0.15) is 4.31 Å². The first kappa shape index (κ1) is 17.8. The summed E-state index contributed by atoms with van der Waals surface area (Å²) >= 11 is 0. The molecule has 0 aliphatic carbocycles. The van der Waals surface area contributed by atoms with Crippen LogP contribution in [0.3, 0.4) is 0 Å². The summed E-state index contributed by atoms with van der Waals surface area (Å²) in [6.07, 6.45) is 2.96. The zero-order valence-electron chi connectivity index (χ0n) is 14.8. The first-order chi connectivity index (χ1) is 13.1. The molecule has 6 nitrogen and oxygen atoms in total. The Morgan fingerprint density at radius 2 is 1.67 bits per heavy atom. The van der Waals surface area contributed by atoms with Crippen molar-refractivity contribution >= 4 is 26.5 Å². The number of fused-ring (bicyclic) bond motifs is 1. The minimum absolute atomic E-state index is 0.195. The lowest BCUT2D eigenvalue weighted by molar-refractivity contribution is 0.330. The first-order valence-corrected chi connectivity index (χ1v) is 10.4. The summed E-state index contributed by atoms with van der Waals surface area (Å²) in [6, 6.07) is 16.7. The maximum Gasteiger partial charge on any atom is 0.255 e. The quantitative estimate of drug-likeness (QED) is 0.726. The van der Waals surface area contributed by atoms with E-state index >= 15 is 0 Å². The van der Waals surface area contributed by atoms with Crippen molar-refractivity contribution in [3.8, 4) is 0 Å². The number of hydrogen-bond donors (Lipinski definition) is 2. The van der Waals surface area contributed by atoms with E-state index in [1.807, 2.05) is 30.3 Å². The summed E-state index contributed by atoms with van der Waals surface area (Å²) in [7, 11) is -3.65. The standard InChI is InChI=1S/C20H21N3O3S/c24-20-18-7-4-8-19(17(18)9-12-21-20)27(25,26)23-13-10-16(11-14-23)22-15-5-2-1-3-6-15/h1-9,12,16,22H,10-11,13-14H2,(H,21,24). The van der Waals surface area contributed by atoms with Gasteiger partial charge >= 0.3 is 0 Å². The van der Waals surface area contributed by atoms with Gasteiger partial charge < -0.3 is 10.3 Å². The number of aromatic amines is 1. The molecule has 27 heavy (non-hydrogen) atoms. The number of nitrogens with one attached hydrogen (secondary N) is 2. The third-order valence-electron chi connectivity index (χ3n) is 4.99. The summed E-state index contributed by atoms with van der Waals surface area (Å²) in [5, 5.41) is 4.31. The summed E-state index contributed by atoms with van der Waals surface area (Å²) in [5.74, 6) is 0. The summed E-state index contributed by atoms with van der Waals surface area (Å²) in [5.41, 5.74) is 0.766. The van der Waals surface area contributed by atoms with E-state index in [-0.39, 0.29) is 16.5 Å². The van der Waals surface area contributed by atoms with Crippen molar-refractivity contribution in [1.29, 1.82) is 0 Å². The smallest absolute Gasteiger partial charge is 0.255 e. The van der Waals surface area contributed by atoms with Crippen LogP contribution >= 0.6 is 0 Å². The number of rotatable bonds is 4. The zero-order valence-corrected chi connectivity index (χ0v) is 15.6. The Morgan fingerprint density at radius 1 is 0.926 bits per heavy atom. The third kappa shape index (κ3) is 3.48. The van der Waals surface area contributed by atoms with Gasteiger partial charge in [0.25, 0.3) is 5.56 Å². The molecule has 7 heteroatoms. The molecule has 1 aliphatic rings. The van der Waals surface area contributed by atoms with Crippen molar-refractivity contribution in [2.24, 2.45) is 0 Å². The van der Waals surface area contributed by atoms with E-state index < -0.39 is 10.0 Å². The van der Waals surface area contributed by atoms with Gasteiger partial charge in [-0.15, -0.1) is 0 Å². The molecule has 0 saturated carbocycles. The first-order valence-electron chi connectivity index (χ1n) is 8.98. The van der Waals surface area contributed by atoms with Crippen LogP contribution in [0.15, 0.2) is 70.5 Å². The minimum atomic E-state index is -3.65. The molecule has 0 amide bonds. The summed E-state index contributed by atoms with van der Waals surface area (Å²) in [6.45, 7) is 0.902. The molecule has 2 N–H and O–H groups in total. The molecule has 1 saturated heterocycles. The highest BCUT2D eigenvalue weighted by Gasteiger charge is 2.30. The highest BCUT2D eigenvalue weighted by molar-refractivity contribution is 7.89. The Morgan fingerprint density at radius 3 is 2.41 bits per heavy atom. The lowest BCUT2D eigenvalue weighted by Crippen LogP contribution is -2.42. The second-order valence-electron chi connectivity index (χ2n) is 6.71. The van der Waals surface area contributed by atoms with Gasteiger partial charge in [-0.25, -0.2) is 8.42 Å². The van der Waals surface area contributed by atoms with Gasteiger partial charge in [0.05, 0.1) is 4.90 Å². The Balaban J connectivity index is 1.54. The molecule has 4 rings (SSSR count). The van der Waals surface area contributed by atoms with Crippen LogP contribution in [0.4, 0.5) is 5.69 Å². The molecule has 1 aromatic heterocycles. The van der Waals surface area contributed by atoms with E-state index in [1.54, 1.807) is 24.3 Å². The van der Waals surface area contributed by atoms with Crippen LogP contribution in [-0.4, -0.2) is 36.8 Å².